The van der Waals surface area contributed by atoms with E-state index < -0.39 is 11.8 Å². The first kappa shape index (κ1) is 13.5. The molecule has 1 aromatic rings. The van der Waals surface area contributed by atoms with Gasteiger partial charge < -0.3 is 10.6 Å². The summed E-state index contributed by atoms with van der Waals surface area (Å²) in [7, 11) is 0. The minimum absolute atomic E-state index is 0.315. The van der Waals surface area contributed by atoms with Gasteiger partial charge in [0.2, 0.25) is 5.91 Å². The highest BCUT2D eigenvalue weighted by molar-refractivity contribution is 9.10. The molecule has 2 aliphatic rings. The van der Waals surface area contributed by atoms with E-state index in [0.717, 1.165) is 17.3 Å². The molecule has 1 atom stereocenters. The molecule has 1 unspecified atom stereocenters. The lowest BCUT2D eigenvalue weighted by Crippen LogP contribution is -2.46. The molecule has 1 heterocycles. The van der Waals surface area contributed by atoms with Crippen LogP contribution in [-0.2, 0) is 9.59 Å². The molecule has 0 bridgehead atoms. The molecular formula is C14H14BrN3O2. The molecule has 0 aromatic heterocycles. The predicted molar refractivity (Wildman–Crippen MR) is 78.5 cm³/mol. The number of benzene rings is 1. The van der Waals surface area contributed by atoms with Gasteiger partial charge in [-0.1, -0.05) is 34.1 Å². The molecule has 104 valence electrons. The van der Waals surface area contributed by atoms with Crippen molar-refractivity contribution in [2.45, 2.75) is 24.8 Å². The fourth-order valence-electron chi connectivity index (χ4n) is 2.15. The first-order chi connectivity index (χ1) is 9.65. The zero-order valence-electron chi connectivity index (χ0n) is 10.7. The lowest BCUT2D eigenvalue weighted by atomic mass is 9.96. The molecule has 0 saturated heterocycles. The Bertz CT molecular complexity index is 596. The van der Waals surface area contributed by atoms with Crippen molar-refractivity contribution >= 4 is 33.6 Å². The third-order valence-electron chi connectivity index (χ3n) is 3.37. The Labute approximate surface area is 125 Å². The third-order valence-corrected chi connectivity index (χ3v) is 4.10. The number of aliphatic imine (C=N–C) groups is 1. The molecule has 1 saturated carbocycles. The number of amidine groups is 1. The maximum absolute atomic E-state index is 12.2. The van der Waals surface area contributed by atoms with Crippen molar-refractivity contribution in [3.05, 3.63) is 34.3 Å². The molecule has 1 aromatic carbocycles. The van der Waals surface area contributed by atoms with Crippen LogP contribution < -0.4 is 10.6 Å². The van der Waals surface area contributed by atoms with Gasteiger partial charge in [0.15, 0.2) is 0 Å². The zero-order valence-corrected chi connectivity index (χ0v) is 12.3. The van der Waals surface area contributed by atoms with Gasteiger partial charge in [0, 0.05) is 10.5 Å². The summed E-state index contributed by atoms with van der Waals surface area (Å²) in [5.74, 6) is -1.18. The van der Waals surface area contributed by atoms with Gasteiger partial charge in [-0.05, 0) is 24.5 Å². The van der Waals surface area contributed by atoms with E-state index in [9.17, 15) is 9.59 Å². The van der Waals surface area contributed by atoms with Crippen LogP contribution in [0.15, 0.2) is 33.7 Å². The summed E-state index contributed by atoms with van der Waals surface area (Å²) in [5.41, 5.74) is 0.646. The standard InChI is InChI=1S/C14H14BrN3O2/c15-10-4-2-1-3-9(10)12-13(19)17-11(18-14(12)20)7-16-8-5-6-8/h1-4,8,12,16H,5-7H2,(H,17,18,19,20). The number of rotatable bonds is 4. The van der Waals surface area contributed by atoms with Crippen molar-refractivity contribution in [3.63, 3.8) is 0 Å². The number of hydrogen-bond donors (Lipinski definition) is 2. The van der Waals surface area contributed by atoms with Crippen LogP contribution in [0.5, 0.6) is 0 Å². The average Bonchev–Trinajstić information content (AvgIpc) is 3.22. The second-order valence-electron chi connectivity index (χ2n) is 5.00. The van der Waals surface area contributed by atoms with Crippen LogP contribution in [0.3, 0.4) is 0 Å². The van der Waals surface area contributed by atoms with E-state index in [1.165, 1.54) is 0 Å². The zero-order chi connectivity index (χ0) is 14.1. The maximum atomic E-state index is 12.2. The molecule has 1 fully saturated rings. The lowest BCUT2D eigenvalue weighted by molar-refractivity contribution is -0.129. The highest BCUT2D eigenvalue weighted by Gasteiger charge is 2.34. The van der Waals surface area contributed by atoms with Gasteiger partial charge in [-0.2, -0.15) is 4.99 Å². The van der Waals surface area contributed by atoms with Crippen molar-refractivity contribution in [2.24, 2.45) is 4.99 Å². The van der Waals surface area contributed by atoms with Gasteiger partial charge in [0.1, 0.15) is 11.8 Å². The van der Waals surface area contributed by atoms with Crippen LogP contribution in [0.4, 0.5) is 0 Å². The number of hydrogen-bond acceptors (Lipinski definition) is 3. The van der Waals surface area contributed by atoms with Crippen LogP contribution >= 0.6 is 15.9 Å². The Hall–Kier alpha value is -1.53. The summed E-state index contributed by atoms with van der Waals surface area (Å²) in [5, 5.41) is 5.94. The van der Waals surface area contributed by atoms with E-state index in [2.05, 4.69) is 31.6 Å². The number of nitrogens with one attached hydrogen (secondary N) is 2. The minimum Gasteiger partial charge on any atom is -0.312 e. The maximum Gasteiger partial charge on any atom is 0.264 e. The van der Waals surface area contributed by atoms with Crippen molar-refractivity contribution in [3.8, 4) is 0 Å². The largest absolute Gasteiger partial charge is 0.312 e. The van der Waals surface area contributed by atoms with E-state index in [1.807, 2.05) is 12.1 Å². The second-order valence-corrected chi connectivity index (χ2v) is 5.85. The van der Waals surface area contributed by atoms with Crippen molar-refractivity contribution in [2.75, 3.05) is 6.54 Å². The van der Waals surface area contributed by atoms with E-state index in [4.69, 9.17) is 0 Å². The normalized spacial score (nSPS) is 22.4. The van der Waals surface area contributed by atoms with Crippen LogP contribution in [0.25, 0.3) is 0 Å². The fraction of sp³-hybridized carbons (Fsp3) is 0.357. The molecule has 0 spiro atoms. The topological polar surface area (TPSA) is 70.6 Å². The van der Waals surface area contributed by atoms with Crippen molar-refractivity contribution in [1.29, 1.82) is 0 Å². The highest BCUT2D eigenvalue weighted by Crippen LogP contribution is 2.27. The lowest BCUT2D eigenvalue weighted by Gasteiger charge is -2.21. The molecule has 0 radical (unpaired) electrons. The summed E-state index contributed by atoms with van der Waals surface area (Å²) in [6.07, 6.45) is 2.30. The molecule has 2 N–H and O–H groups in total. The number of halogens is 1. The number of nitrogens with zero attached hydrogens (tertiary/aromatic N) is 1. The number of amides is 2. The molecule has 1 aliphatic carbocycles. The summed E-state index contributed by atoms with van der Waals surface area (Å²) < 4.78 is 0.739. The van der Waals surface area contributed by atoms with Gasteiger partial charge in [0.05, 0.1) is 6.54 Å². The van der Waals surface area contributed by atoms with Crippen LogP contribution in [-0.4, -0.2) is 30.2 Å². The summed E-state index contributed by atoms with van der Waals surface area (Å²) in [6, 6.07) is 7.71. The van der Waals surface area contributed by atoms with Crippen molar-refractivity contribution in [1.82, 2.24) is 10.6 Å². The first-order valence-corrected chi connectivity index (χ1v) is 7.34. The Kier molecular flexibility index (Phi) is 3.67. The highest BCUT2D eigenvalue weighted by atomic mass is 79.9. The van der Waals surface area contributed by atoms with Gasteiger partial charge in [-0.15, -0.1) is 0 Å². The Morgan fingerprint density at radius 1 is 1.30 bits per heavy atom. The Morgan fingerprint density at radius 3 is 2.70 bits per heavy atom. The Morgan fingerprint density at radius 2 is 2.05 bits per heavy atom. The Balaban J connectivity index is 1.79. The predicted octanol–water partition coefficient (Wildman–Crippen LogP) is 1.34. The molecular weight excluding hydrogens is 322 g/mol. The molecule has 6 heteroatoms. The third kappa shape index (κ3) is 2.81. The van der Waals surface area contributed by atoms with Crippen LogP contribution in [0.2, 0.25) is 0 Å². The van der Waals surface area contributed by atoms with E-state index in [0.29, 0.717) is 24.0 Å². The van der Waals surface area contributed by atoms with Crippen molar-refractivity contribution < 1.29 is 9.59 Å². The van der Waals surface area contributed by atoms with E-state index in [-0.39, 0.29) is 5.91 Å². The smallest absolute Gasteiger partial charge is 0.264 e. The van der Waals surface area contributed by atoms with Gasteiger partial charge in [-0.3, -0.25) is 9.59 Å². The minimum atomic E-state index is -0.866. The first-order valence-electron chi connectivity index (χ1n) is 6.55. The number of carbonyl (C=O) groups excluding carboxylic acids is 2. The van der Waals surface area contributed by atoms with E-state index >= 15 is 0 Å². The molecule has 20 heavy (non-hydrogen) atoms. The van der Waals surface area contributed by atoms with Gasteiger partial charge >= 0.3 is 0 Å². The fourth-order valence-corrected chi connectivity index (χ4v) is 2.66. The molecule has 2 amide bonds. The van der Waals surface area contributed by atoms with Gasteiger partial charge in [-0.25, -0.2) is 0 Å². The summed E-state index contributed by atoms with van der Waals surface area (Å²) in [4.78, 5) is 28.3. The number of carbonyl (C=O) groups is 2. The SMILES string of the molecule is O=C1N=C(CNC2CC2)NC(=O)C1c1ccccc1Br. The molecule has 3 rings (SSSR count). The monoisotopic (exact) mass is 335 g/mol. The quantitative estimate of drug-likeness (QED) is 0.816. The summed E-state index contributed by atoms with van der Waals surface area (Å²) >= 11 is 3.37. The van der Waals surface area contributed by atoms with E-state index in [1.54, 1.807) is 12.1 Å². The van der Waals surface area contributed by atoms with Crippen LogP contribution in [0, 0.1) is 0 Å². The second kappa shape index (κ2) is 5.46. The summed E-state index contributed by atoms with van der Waals surface area (Å²) in [6.45, 7) is 0.435. The molecule has 1 aliphatic heterocycles. The van der Waals surface area contributed by atoms with Crippen LogP contribution in [0.1, 0.15) is 24.3 Å². The average molecular weight is 336 g/mol. The molecule has 5 nitrogen and oxygen atoms in total. The van der Waals surface area contributed by atoms with Gasteiger partial charge in [0.25, 0.3) is 5.91 Å².